The summed E-state index contributed by atoms with van der Waals surface area (Å²) in [6, 6.07) is 12.9. The minimum Gasteiger partial charge on any atom is -0.480 e. The smallest absolute Gasteiger partial charge is 0.317 e. The van der Waals surface area contributed by atoms with Crippen molar-refractivity contribution in [2.45, 2.75) is 25.8 Å². The van der Waals surface area contributed by atoms with Crippen LogP contribution in [0.25, 0.3) is 0 Å². The maximum absolute atomic E-state index is 12.8. The van der Waals surface area contributed by atoms with Crippen LogP contribution in [0, 0.1) is 0 Å². The summed E-state index contributed by atoms with van der Waals surface area (Å²) in [5, 5.41) is 9.04. The number of carbonyl (C=O) groups excluding carboxylic acids is 1. The number of likely N-dealkylation sites (tertiary alicyclic amines) is 1. The van der Waals surface area contributed by atoms with Gasteiger partial charge in [-0.1, -0.05) is 25.1 Å². The van der Waals surface area contributed by atoms with Gasteiger partial charge < -0.3 is 14.7 Å². The van der Waals surface area contributed by atoms with E-state index in [0.29, 0.717) is 36.8 Å². The first-order valence-corrected chi connectivity index (χ1v) is 9.51. The highest BCUT2D eigenvalue weighted by Crippen LogP contribution is 2.23. The number of hydrogen-bond donors (Lipinski definition) is 1. The van der Waals surface area contributed by atoms with E-state index in [2.05, 4.69) is 4.98 Å². The molecule has 0 aliphatic carbocycles. The van der Waals surface area contributed by atoms with E-state index < -0.39 is 5.97 Å². The van der Waals surface area contributed by atoms with Gasteiger partial charge in [0.2, 0.25) is 0 Å². The fourth-order valence-electron chi connectivity index (χ4n) is 3.49. The second-order valence-electron chi connectivity index (χ2n) is 6.77. The summed E-state index contributed by atoms with van der Waals surface area (Å²) in [5.41, 5.74) is 0.352. The van der Waals surface area contributed by atoms with Crippen molar-refractivity contribution in [1.29, 1.82) is 0 Å². The van der Waals surface area contributed by atoms with Gasteiger partial charge in [0, 0.05) is 31.4 Å². The monoisotopic (exact) mass is 383 g/mol. The first-order chi connectivity index (χ1) is 13.6. The minimum absolute atomic E-state index is 0.0372. The van der Waals surface area contributed by atoms with Gasteiger partial charge in [-0.15, -0.1) is 0 Å². The number of likely N-dealkylation sites (N-methyl/N-ethyl adjacent to an activating group) is 1. The zero-order valence-corrected chi connectivity index (χ0v) is 16.0. The lowest BCUT2D eigenvalue weighted by Crippen LogP contribution is -2.48. The van der Waals surface area contributed by atoms with Crippen LogP contribution in [0.15, 0.2) is 48.7 Å². The fourth-order valence-corrected chi connectivity index (χ4v) is 3.49. The van der Waals surface area contributed by atoms with Gasteiger partial charge in [-0.05, 0) is 37.6 Å². The van der Waals surface area contributed by atoms with Crippen LogP contribution >= 0.6 is 0 Å². The SMILES string of the molecule is CCN(CC(=O)O)C1CCN(C(=O)c2cc(Oc3ccccc3)ccn2)CC1. The Kier molecular flexibility index (Phi) is 6.60. The van der Waals surface area contributed by atoms with Crippen molar-refractivity contribution in [3.05, 3.63) is 54.4 Å². The molecule has 2 heterocycles. The van der Waals surface area contributed by atoms with Crippen LogP contribution in [0.3, 0.4) is 0 Å². The second kappa shape index (κ2) is 9.32. The van der Waals surface area contributed by atoms with Crippen LogP contribution in [0.1, 0.15) is 30.3 Å². The molecule has 1 N–H and O–H groups in total. The summed E-state index contributed by atoms with van der Waals surface area (Å²) in [6.07, 6.45) is 3.09. The van der Waals surface area contributed by atoms with Gasteiger partial charge in [-0.2, -0.15) is 0 Å². The van der Waals surface area contributed by atoms with Crippen LogP contribution < -0.4 is 4.74 Å². The quantitative estimate of drug-likeness (QED) is 0.792. The summed E-state index contributed by atoms with van der Waals surface area (Å²) in [6.45, 7) is 3.86. The van der Waals surface area contributed by atoms with Crippen molar-refractivity contribution < 1.29 is 19.4 Å². The maximum atomic E-state index is 12.8. The number of hydrogen-bond acceptors (Lipinski definition) is 5. The molecule has 1 fully saturated rings. The van der Waals surface area contributed by atoms with Crippen molar-refractivity contribution in [2.24, 2.45) is 0 Å². The number of benzene rings is 1. The largest absolute Gasteiger partial charge is 0.480 e. The molecule has 7 nitrogen and oxygen atoms in total. The number of aliphatic carboxylic acids is 1. The molecule has 1 aromatic carbocycles. The molecule has 3 rings (SSSR count). The molecule has 0 radical (unpaired) electrons. The zero-order valence-electron chi connectivity index (χ0n) is 16.0. The van der Waals surface area contributed by atoms with Crippen molar-refractivity contribution in [2.75, 3.05) is 26.2 Å². The van der Waals surface area contributed by atoms with Gasteiger partial charge in [-0.3, -0.25) is 19.5 Å². The number of aromatic nitrogens is 1. The van der Waals surface area contributed by atoms with Gasteiger partial charge in [0.25, 0.3) is 5.91 Å². The van der Waals surface area contributed by atoms with E-state index in [-0.39, 0.29) is 18.5 Å². The lowest BCUT2D eigenvalue weighted by molar-refractivity contribution is -0.139. The molecule has 148 valence electrons. The third-order valence-electron chi connectivity index (χ3n) is 4.94. The molecule has 7 heteroatoms. The number of amides is 1. The summed E-state index contributed by atoms with van der Waals surface area (Å²) in [4.78, 5) is 31.8. The highest BCUT2D eigenvalue weighted by Gasteiger charge is 2.28. The maximum Gasteiger partial charge on any atom is 0.317 e. The van der Waals surface area contributed by atoms with Crippen molar-refractivity contribution >= 4 is 11.9 Å². The fraction of sp³-hybridized carbons (Fsp3) is 0.381. The highest BCUT2D eigenvalue weighted by molar-refractivity contribution is 5.92. The molecule has 1 amide bonds. The predicted molar refractivity (Wildman–Crippen MR) is 105 cm³/mol. The van der Waals surface area contributed by atoms with Crippen LogP contribution in [-0.2, 0) is 4.79 Å². The minimum atomic E-state index is -0.820. The number of carbonyl (C=O) groups is 2. The Morgan fingerprint density at radius 1 is 1.18 bits per heavy atom. The molecule has 1 aliphatic heterocycles. The number of piperidine rings is 1. The van der Waals surface area contributed by atoms with E-state index >= 15 is 0 Å². The van der Waals surface area contributed by atoms with E-state index in [4.69, 9.17) is 9.84 Å². The zero-order chi connectivity index (χ0) is 19.9. The van der Waals surface area contributed by atoms with Crippen LogP contribution in [-0.4, -0.2) is 64.0 Å². The Morgan fingerprint density at radius 2 is 1.89 bits per heavy atom. The second-order valence-corrected chi connectivity index (χ2v) is 6.77. The Hall–Kier alpha value is -2.93. The molecular formula is C21H25N3O4. The molecular weight excluding hydrogens is 358 g/mol. The normalized spacial score (nSPS) is 14.9. The molecule has 28 heavy (non-hydrogen) atoms. The number of rotatable bonds is 7. The molecule has 0 bridgehead atoms. The number of carboxylic acid groups (broad SMARTS) is 1. The van der Waals surface area contributed by atoms with Gasteiger partial charge >= 0.3 is 5.97 Å². The van der Waals surface area contributed by atoms with Crippen molar-refractivity contribution in [3.8, 4) is 11.5 Å². The standard InChI is InChI=1S/C21H25N3O4/c1-2-23(15-20(25)26)16-9-12-24(13-10-16)21(27)19-14-18(8-11-22-19)28-17-6-4-3-5-7-17/h3-8,11,14,16H,2,9-10,12-13,15H2,1H3,(H,25,26). The summed E-state index contributed by atoms with van der Waals surface area (Å²) >= 11 is 0. The number of para-hydroxylation sites is 1. The topological polar surface area (TPSA) is 83.0 Å². The van der Waals surface area contributed by atoms with Crippen LogP contribution in [0.2, 0.25) is 0 Å². The van der Waals surface area contributed by atoms with Gasteiger partial charge in [-0.25, -0.2) is 0 Å². The Balaban J connectivity index is 1.61. The average molecular weight is 383 g/mol. The summed E-state index contributed by atoms with van der Waals surface area (Å²) < 4.78 is 5.78. The van der Waals surface area contributed by atoms with E-state index in [9.17, 15) is 9.59 Å². The predicted octanol–water partition coefficient (Wildman–Crippen LogP) is 2.89. The number of ether oxygens (including phenoxy) is 1. The Morgan fingerprint density at radius 3 is 2.54 bits per heavy atom. The van der Waals surface area contributed by atoms with Crippen molar-refractivity contribution in [3.63, 3.8) is 0 Å². The highest BCUT2D eigenvalue weighted by atomic mass is 16.5. The van der Waals surface area contributed by atoms with Crippen LogP contribution in [0.4, 0.5) is 0 Å². The first kappa shape index (κ1) is 19.8. The summed E-state index contributed by atoms with van der Waals surface area (Å²) in [5.74, 6) is 0.321. The summed E-state index contributed by atoms with van der Waals surface area (Å²) in [7, 11) is 0. The van der Waals surface area contributed by atoms with Crippen LogP contribution in [0.5, 0.6) is 11.5 Å². The van der Waals surface area contributed by atoms with E-state index in [1.165, 1.54) is 0 Å². The molecule has 1 saturated heterocycles. The van der Waals surface area contributed by atoms with Gasteiger partial charge in [0.15, 0.2) is 0 Å². The number of pyridine rings is 1. The average Bonchev–Trinajstić information content (AvgIpc) is 2.72. The Bertz CT molecular complexity index is 804. The molecule has 0 spiro atoms. The van der Waals surface area contributed by atoms with Crippen molar-refractivity contribution in [1.82, 2.24) is 14.8 Å². The van der Waals surface area contributed by atoms with E-state index in [1.807, 2.05) is 42.2 Å². The molecule has 0 saturated carbocycles. The third kappa shape index (κ3) is 5.07. The Labute approximate surface area is 164 Å². The lowest BCUT2D eigenvalue weighted by Gasteiger charge is -2.37. The molecule has 0 atom stereocenters. The lowest BCUT2D eigenvalue weighted by atomic mass is 10.0. The van der Waals surface area contributed by atoms with Gasteiger partial charge in [0.05, 0.1) is 6.54 Å². The van der Waals surface area contributed by atoms with E-state index in [1.54, 1.807) is 23.2 Å². The third-order valence-corrected chi connectivity index (χ3v) is 4.94. The first-order valence-electron chi connectivity index (χ1n) is 9.51. The molecule has 2 aromatic rings. The molecule has 1 aliphatic rings. The number of nitrogens with zero attached hydrogens (tertiary/aromatic N) is 3. The number of carboxylic acids is 1. The molecule has 1 aromatic heterocycles. The van der Waals surface area contributed by atoms with E-state index in [0.717, 1.165) is 12.8 Å². The molecule has 0 unspecified atom stereocenters. The van der Waals surface area contributed by atoms with Gasteiger partial charge in [0.1, 0.15) is 17.2 Å².